The van der Waals surface area contributed by atoms with Gasteiger partial charge in [-0.1, -0.05) is 32.3 Å². The van der Waals surface area contributed by atoms with Crippen LogP contribution in [0.3, 0.4) is 0 Å². The summed E-state index contributed by atoms with van der Waals surface area (Å²) in [6.07, 6.45) is 6.18. The summed E-state index contributed by atoms with van der Waals surface area (Å²) in [6.45, 7) is 4.39. The van der Waals surface area contributed by atoms with Gasteiger partial charge in [0.25, 0.3) is 0 Å². The van der Waals surface area contributed by atoms with E-state index < -0.39 is 0 Å². The lowest BCUT2D eigenvalue weighted by atomic mass is 9.82. The second kappa shape index (κ2) is 7.34. The van der Waals surface area contributed by atoms with Crippen LogP contribution in [0.1, 0.15) is 56.3 Å². The van der Waals surface area contributed by atoms with Crippen LogP contribution in [-0.2, 0) is 4.74 Å². The largest absolute Gasteiger partial charge is 0.462 e. The smallest absolute Gasteiger partial charge is 0.340 e. The maximum Gasteiger partial charge on any atom is 0.340 e. The minimum Gasteiger partial charge on any atom is -0.462 e. The summed E-state index contributed by atoms with van der Waals surface area (Å²) >= 11 is 0. The van der Waals surface area contributed by atoms with Crippen molar-refractivity contribution in [1.29, 1.82) is 0 Å². The lowest BCUT2D eigenvalue weighted by Gasteiger charge is -2.32. The second-order valence-corrected chi connectivity index (χ2v) is 5.69. The Morgan fingerprint density at radius 2 is 2.10 bits per heavy atom. The Kier molecular flexibility index (Phi) is 5.48. The van der Waals surface area contributed by atoms with Gasteiger partial charge >= 0.3 is 5.97 Å². The van der Waals surface area contributed by atoms with Crippen molar-refractivity contribution in [2.45, 2.75) is 52.0 Å². The summed E-state index contributed by atoms with van der Waals surface area (Å²) in [5.74, 6) is 0.332. The van der Waals surface area contributed by atoms with E-state index in [0.717, 1.165) is 5.69 Å². The fraction of sp³-hybridized carbons (Fsp3) is 0.588. The van der Waals surface area contributed by atoms with Crippen LogP contribution >= 0.6 is 0 Å². The maximum absolute atomic E-state index is 11.9. The lowest BCUT2D eigenvalue weighted by Crippen LogP contribution is -2.32. The molecule has 116 valence electrons. The van der Waals surface area contributed by atoms with E-state index in [2.05, 4.69) is 12.2 Å². The molecule has 1 aliphatic rings. The molecule has 2 unspecified atom stereocenters. The molecule has 0 aliphatic heterocycles. The number of nitrogen functional groups attached to an aromatic ring is 1. The molecule has 1 aromatic rings. The average molecular weight is 290 g/mol. The highest BCUT2D eigenvalue weighted by Crippen LogP contribution is 2.32. The zero-order valence-electron chi connectivity index (χ0n) is 13.0. The van der Waals surface area contributed by atoms with Gasteiger partial charge in [-0.3, -0.25) is 0 Å². The lowest BCUT2D eigenvalue weighted by molar-refractivity contribution is 0.0527. The first-order valence-corrected chi connectivity index (χ1v) is 7.99. The van der Waals surface area contributed by atoms with Crippen LogP contribution in [-0.4, -0.2) is 18.6 Å². The number of rotatable bonds is 5. The first kappa shape index (κ1) is 15.7. The molecule has 0 aromatic heterocycles. The fourth-order valence-corrected chi connectivity index (χ4v) is 3.16. The number of anilines is 2. The van der Waals surface area contributed by atoms with Crippen LogP contribution < -0.4 is 11.1 Å². The molecule has 21 heavy (non-hydrogen) atoms. The fourth-order valence-electron chi connectivity index (χ4n) is 3.16. The molecule has 4 heteroatoms. The monoisotopic (exact) mass is 290 g/mol. The standard InChI is InChI=1S/C17H26N2O2/c1-3-12-8-5-6-10-14(12)19-15-11-7-9-13(16(15)18)17(20)21-4-2/h7,9,11-12,14,19H,3-6,8,10,18H2,1-2H3. The van der Waals surface area contributed by atoms with Crippen LogP contribution in [0.2, 0.25) is 0 Å². The van der Waals surface area contributed by atoms with Gasteiger partial charge < -0.3 is 15.8 Å². The van der Waals surface area contributed by atoms with E-state index in [-0.39, 0.29) is 5.97 Å². The predicted molar refractivity (Wildman–Crippen MR) is 86.5 cm³/mol. The van der Waals surface area contributed by atoms with Crippen LogP contribution in [0.5, 0.6) is 0 Å². The number of hydrogen-bond acceptors (Lipinski definition) is 4. The van der Waals surface area contributed by atoms with Crippen LogP contribution in [0, 0.1) is 5.92 Å². The SMILES string of the molecule is CCOC(=O)c1cccc(NC2CCCCC2CC)c1N. The summed E-state index contributed by atoms with van der Waals surface area (Å²) in [6, 6.07) is 5.97. The van der Waals surface area contributed by atoms with E-state index in [9.17, 15) is 4.79 Å². The molecule has 1 aliphatic carbocycles. The molecule has 3 N–H and O–H groups in total. The Labute approximate surface area is 127 Å². The third-order valence-electron chi connectivity index (χ3n) is 4.38. The number of para-hydroxylation sites is 1. The molecule has 1 saturated carbocycles. The highest BCUT2D eigenvalue weighted by Gasteiger charge is 2.24. The van der Waals surface area contributed by atoms with Gasteiger partial charge in [0.05, 0.1) is 23.5 Å². The molecule has 0 saturated heterocycles. The normalized spacial score (nSPS) is 21.8. The molecule has 0 radical (unpaired) electrons. The van der Waals surface area contributed by atoms with E-state index >= 15 is 0 Å². The third-order valence-corrected chi connectivity index (χ3v) is 4.38. The topological polar surface area (TPSA) is 64.3 Å². The van der Waals surface area contributed by atoms with Crippen LogP contribution in [0.25, 0.3) is 0 Å². The molecule has 0 spiro atoms. The number of nitrogens with one attached hydrogen (secondary N) is 1. The van der Waals surface area contributed by atoms with Crippen molar-refractivity contribution in [2.75, 3.05) is 17.7 Å². The van der Waals surface area contributed by atoms with E-state index in [0.29, 0.717) is 29.8 Å². The Morgan fingerprint density at radius 3 is 2.81 bits per heavy atom. The van der Waals surface area contributed by atoms with Crippen molar-refractivity contribution in [1.82, 2.24) is 0 Å². The molecule has 2 atom stereocenters. The first-order chi connectivity index (χ1) is 10.2. The molecule has 2 rings (SSSR count). The maximum atomic E-state index is 11.9. The Morgan fingerprint density at radius 1 is 1.33 bits per heavy atom. The number of carbonyl (C=O) groups excluding carboxylic acids is 1. The van der Waals surface area contributed by atoms with Gasteiger partial charge in [-0.2, -0.15) is 0 Å². The highest BCUT2D eigenvalue weighted by molar-refractivity contribution is 5.98. The van der Waals surface area contributed by atoms with Gasteiger partial charge in [0.2, 0.25) is 0 Å². The van der Waals surface area contributed by atoms with E-state index in [1.54, 1.807) is 13.0 Å². The predicted octanol–water partition coefficient (Wildman–Crippen LogP) is 3.83. The van der Waals surface area contributed by atoms with E-state index in [1.807, 2.05) is 12.1 Å². The zero-order valence-corrected chi connectivity index (χ0v) is 13.0. The number of nitrogens with two attached hydrogens (primary N) is 1. The Bertz CT molecular complexity index is 488. The van der Waals surface area contributed by atoms with Crippen molar-refractivity contribution in [3.63, 3.8) is 0 Å². The van der Waals surface area contributed by atoms with Gasteiger partial charge in [-0.15, -0.1) is 0 Å². The van der Waals surface area contributed by atoms with E-state index in [4.69, 9.17) is 10.5 Å². The zero-order chi connectivity index (χ0) is 15.2. The Balaban J connectivity index is 2.16. The summed E-state index contributed by atoms with van der Waals surface area (Å²) in [5.41, 5.74) is 7.95. The minimum absolute atomic E-state index is 0.352. The third kappa shape index (κ3) is 3.69. The van der Waals surface area contributed by atoms with Gasteiger partial charge in [-0.25, -0.2) is 4.79 Å². The van der Waals surface area contributed by atoms with Gasteiger partial charge in [0.15, 0.2) is 0 Å². The first-order valence-electron chi connectivity index (χ1n) is 7.99. The quantitative estimate of drug-likeness (QED) is 0.639. The molecule has 0 bridgehead atoms. The molecule has 1 fully saturated rings. The molecule has 0 heterocycles. The molecule has 1 aromatic carbocycles. The number of hydrogen-bond donors (Lipinski definition) is 2. The number of esters is 1. The summed E-state index contributed by atoms with van der Waals surface area (Å²) in [4.78, 5) is 11.9. The van der Waals surface area contributed by atoms with Crippen LogP contribution in [0.15, 0.2) is 18.2 Å². The molecular weight excluding hydrogens is 264 g/mol. The number of benzene rings is 1. The van der Waals surface area contributed by atoms with Crippen molar-refractivity contribution >= 4 is 17.3 Å². The second-order valence-electron chi connectivity index (χ2n) is 5.69. The van der Waals surface area contributed by atoms with E-state index in [1.165, 1.54) is 32.1 Å². The summed E-state index contributed by atoms with van der Waals surface area (Å²) in [7, 11) is 0. The van der Waals surface area contributed by atoms with Crippen molar-refractivity contribution in [2.24, 2.45) is 5.92 Å². The van der Waals surface area contributed by atoms with Gasteiger partial charge in [0, 0.05) is 6.04 Å². The molecule has 4 nitrogen and oxygen atoms in total. The molecule has 0 amide bonds. The number of carbonyl (C=O) groups is 1. The average Bonchev–Trinajstić information content (AvgIpc) is 2.50. The van der Waals surface area contributed by atoms with Crippen molar-refractivity contribution in [3.05, 3.63) is 23.8 Å². The van der Waals surface area contributed by atoms with Crippen LogP contribution in [0.4, 0.5) is 11.4 Å². The highest BCUT2D eigenvalue weighted by atomic mass is 16.5. The van der Waals surface area contributed by atoms with Gasteiger partial charge in [-0.05, 0) is 37.8 Å². The summed E-state index contributed by atoms with van der Waals surface area (Å²) in [5, 5.41) is 3.55. The number of ether oxygens (including phenoxy) is 1. The van der Waals surface area contributed by atoms with Crippen molar-refractivity contribution in [3.8, 4) is 0 Å². The Hall–Kier alpha value is -1.71. The minimum atomic E-state index is -0.352. The molecular formula is C17H26N2O2. The summed E-state index contributed by atoms with van der Waals surface area (Å²) < 4.78 is 5.05. The van der Waals surface area contributed by atoms with Crippen molar-refractivity contribution < 1.29 is 9.53 Å². The van der Waals surface area contributed by atoms with Gasteiger partial charge in [0.1, 0.15) is 0 Å².